The van der Waals surface area contributed by atoms with Gasteiger partial charge >= 0.3 is 6.03 Å². The van der Waals surface area contributed by atoms with E-state index in [9.17, 15) is 18.8 Å². The molecular weight excluding hydrogens is 485 g/mol. The van der Waals surface area contributed by atoms with Crippen molar-refractivity contribution in [2.24, 2.45) is 18.4 Å². The van der Waals surface area contributed by atoms with Crippen LogP contribution in [-0.4, -0.2) is 47.1 Å². The van der Waals surface area contributed by atoms with E-state index in [2.05, 4.69) is 15.5 Å². The van der Waals surface area contributed by atoms with Crippen molar-refractivity contribution < 1.29 is 14.0 Å². The smallest absolute Gasteiger partial charge is 0.319 e. The van der Waals surface area contributed by atoms with E-state index in [4.69, 9.17) is 0 Å². The molecule has 3 amide bonds. The number of allylic oxidation sites excluding steroid dienone is 2. The van der Waals surface area contributed by atoms with E-state index >= 15 is 0 Å². The van der Waals surface area contributed by atoms with Gasteiger partial charge in [-0.15, -0.1) is 0 Å². The number of fused-ring (bicyclic) bond motifs is 3. The molecule has 38 heavy (non-hydrogen) atoms. The Kier molecular flexibility index (Phi) is 5.52. The molecule has 9 heteroatoms. The highest BCUT2D eigenvalue weighted by molar-refractivity contribution is 5.96. The first-order valence-corrected chi connectivity index (χ1v) is 13.1. The molecule has 2 aromatic rings. The molecular formula is C29H32FN5O3. The van der Waals surface area contributed by atoms with Gasteiger partial charge in [0.25, 0.3) is 11.5 Å². The maximum absolute atomic E-state index is 14.0. The van der Waals surface area contributed by atoms with Gasteiger partial charge in [0.15, 0.2) is 0 Å². The van der Waals surface area contributed by atoms with Crippen LogP contribution < -0.4 is 21.1 Å². The predicted molar refractivity (Wildman–Crippen MR) is 144 cm³/mol. The van der Waals surface area contributed by atoms with Gasteiger partial charge in [0.1, 0.15) is 11.6 Å². The number of pyridine rings is 1. The van der Waals surface area contributed by atoms with Crippen LogP contribution in [0.2, 0.25) is 0 Å². The maximum Gasteiger partial charge on any atom is 0.319 e. The molecule has 1 aliphatic carbocycles. The predicted octanol–water partition coefficient (Wildman–Crippen LogP) is 3.91. The summed E-state index contributed by atoms with van der Waals surface area (Å²) in [5.41, 5.74) is 1.20. The van der Waals surface area contributed by atoms with E-state index < -0.39 is 5.54 Å². The second-order valence-electron chi connectivity index (χ2n) is 11.5. The zero-order chi connectivity index (χ0) is 26.8. The quantitative estimate of drug-likeness (QED) is 0.633. The van der Waals surface area contributed by atoms with Gasteiger partial charge in [-0.05, 0) is 42.5 Å². The molecule has 2 fully saturated rings. The van der Waals surface area contributed by atoms with Crippen molar-refractivity contribution in [1.82, 2.24) is 14.8 Å². The molecule has 3 aliphatic heterocycles. The lowest BCUT2D eigenvalue weighted by atomic mass is 9.77. The topological polar surface area (TPSA) is 86.7 Å². The van der Waals surface area contributed by atoms with Crippen LogP contribution in [0.15, 0.2) is 65.2 Å². The number of nitrogens with zero attached hydrogens (tertiary/aromatic N) is 3. The van der Waals surface area contributed by atoms with Crippen LogP contribution in [0.1, 0.15) is 42.6 Å². The first-order valence-electron chi connectivity index (χ1n) is 13.1. The van der Waals surface area contributed by atoms with Crippen molar-refractivity contribution in [3.8, 4) is 0 Å². The lowest BCUT2D eigenvalue weighted by molar-refractivity contribution is 0.0745. The Morgan fingerprint density at radius 2 is 1.84 bits per heavy atom. The third-order valence-corrected chi connectivity index (χ3v) is 8.73. The zero-order valence-electron chi connectivity index (χ0n) is 21.8. The summed E-state index contributed by atoms with van der Waals surface area (Å²) in [6, 6.07) is 10.6. The molecule has 4 heterocycles. The Balaban J connectivity index is 1.27. The molecule has 1 spiro atoms. The highest BCUT2D eigenvalue weighted by atomic mass is 19.1. The summed E-state index contributed by atoms with van der Waals surface area (Å²) >= 11 is 0. The molecule has 2 N–H and O–H groups in total. The number of para-hydroxylation sites is 1. The Morgan fingerprint density at radius 1 is 1.11 bits per heavy atom. The fourth-order valence-corrected chi connectivity index (χ4v) is 6.65. The minimum Gasteiger partial charge on any atom is -0.358 e. The van der Waals surface area contributed by atoms with E-state index in [1.807, 2.05) is 38.1 Å². The molecule has 4 aliphatic rings. The number of carbonyl (C=O) groups excluding carboxylic acids is 2. The van der Waals surface area contributed by atoms with Crippen LogP contribution in [-0.2, 0) is 12.6 Å². The van der Waals surface area contributed by atoms with Crippen LogP contribution in [0.5, 0.6) is 0 Å². The molecule has 1 aromatic carbocycles. The fourth-order valence-electron chi connectivity index (χ4n) is 6.65. The number of nitrogens with one attached hydrogen (secondary N) is 2. The van der Waals surface area contributed by atoms with Gasteiger partial charge in [-0.2, -0.15) is 0 Å². The molecule has 0 bridgehead atoms. The zero-order valence-corrected chi connectivity index (χ0v) is 21.8. The van der Waals surface area contributed by atoms with Crippen molar-refractivity contribution in [1.29, 1.82) is 0 Å². The first kappa shape index (κ1) is 24.5. The number of hydrogen-bond donors (Lipinski definition) is 2. The fraction of sp³-hybridized carbons (Fsp3) is 0.414. The third kappa shape index (κ3) is 3.83. The lowest BCUT2D eigenvalue weighted by Crippen LogP contribution is -2.57. The van der Waals surface area contributed by atoms with Gasteiger partial charge in [-0.25, -0.2) is 9.18 Å². The van der Waals surface area contributed by atoms with Crippen LogP contribution >= 0.6 is 0 Å². The van der Waals surface area contributed by atoms with Gasteiger partial charge in [0.2, 0.25) is 0 Å². The van der Waals surface area contributed by atoms with E-state index in [1.165, 1.54) is 12.1 Å². The first-order chi connectivity index (χ1) is 18.1. The molecule has 1 aromatic heterocycles. The second kappa shape index (κ2) is 8.58. The summed E-state index contributed by atoms with van der Waals surface area (Å²) in [4.78, 5) is 43.0. The Morgan fingerprint density at radius 3 is 2.61 bits per heavy atom. The summed E-state index contributed by atoms with van der Waals surface area (Å²) in [7, 11) is 1.71. The number of rotatable bonds is 2. The molecule has 8 nitrogen and oxygen atoms in total. The van der Waals surface area contributed by atoms with Gasteiger partial charge < -0.3 is 20.4 Å². The minimum absolute atomic E-state index is 0.121. The number of amides is 3. The number of anilines is 2. The van der Waals surface area contributed by atoms with Gasteiger partial charge in [0.05, 0.1) is 11.6 Å². The van der Waals surface area contributed by atoms with Gasteiger partial charge in [-0.3, -0.25) is 14.2 Å². The number of halogens is 1. The number of urea groups is 1. The van der Waals surface area contributed by atoms with Crippen molar-refractivity contribution in [2.75, 3.05) is 29.9 Å². The van der Waals surface area contributed by atoms with Gasteiger partial charge in [-0.1, -0.05) is 38.1 Å². The molecule has 6 rings (SSSR count). The van der Waals surface area contributed by atoms with Crippen LogP contribution in [0.3, 0.4) is 0 Å². The average molecular weight is 518 g/mol. The minimum atomic E-state index is -0.478. The number of likely N-dealkylation sites (tertiary alicyclic amines) is 1. The molecule has 2 saturated heterocycles. The van der Waals surface area contributed by atoms with E-state index in [0.717, 1.165) is 11.3 Å². The van der Waals surface area contributed by atoms with Crippen molar-refractivity contribution in [3.05, 3.63) is 81.9 Å². The van der Waals surface area contributed by atoms with Crippen molar-refractivity contribution in [2.45, 2.75) is 38.3 Å². The van der Waals surface area contributed by atoms with Crippen LogP contribution in [0.4, 0.5) is 20.7 Å². The monoisotopic (exact) mass is 517 g/mol. The number of carbonyl (C=O) groups is 2. The van der Waals surface area contributed by atoms with Crippen molar-refractivity contribution in [3.63, 3.8) is 0 Å². The Hall–Kier alpha value is -3.88. The Labute approximate surface area is 220 Å². The summed E-state index contributed by atoms with van der Waals surface area (Å²) in [6.45, 7) is 5.76. The maximum atomic E-state index is 14.0. The molecule has 2 unspecified atom stereocenters. The highest BCUT2D eigenvalue weighted by Gasteiger charge is 2.48. The molecule has 2 atom stereocenters. The second-order valence-corrected chi connectivity index (χ2v) is 11.5. The average Bonchev–Trinajstić information content (AvgIpc) is 3.15. The number of hydrogen-bond acceptors (Lipinski definition) is 4. The number of benzene rings is 1. The highest BCUT2D eigenvalue weighted by Crippen LogP contribution is 2.45. The lowest BCUT2D eigenvalue weighted by Gasteiger charge is -2.46. The largest absolute Gasteiger partial charge is 0.358 e. The number of piperidine rings is 1. The molecule has 0 saturated carbocycles. The summed E-state index contributed by atoms with van der Waals surface area (Å²) in [5.74, 6) is 0.0473. The SMILES string of the molecule is Cn1c(N2CCC3(CC2)NC(=O)Nc2ccccc23)cc(C(=O)N2CC(C)(C)C3C=C(F)C=CC32)cc1=O. The number of aromatic nitrogens is 1. The summed E-state index contributed by atoms with van der Waals surface area (Å²) in [6.07, 6.45) is 6.10. The molecule has 198 valence electrons. The standard InChI is InChI=1S/C29H32FN5O3/c1-28(2)17-35(23-9-8-19(30)16-21(23)28)26(37)18-14-24(33(3)25(36)15-18)34-12-10-29(11-13-34)20-6-4-5-7-22(20)31-27(38)32-29/h4-9,14-16,21,23H,10-13,17H2,1-3H3,(H2,31,32,38). The van der Waals surface area contributed by atoms with Crippen LogP contribution in [0, 0.1) is 11.3 Å². The van der Waals surface area contributed by atoms with Crippen LogP contribution in [0.25, 0.3) is 0 Å². The van der Waals surface area contributed by atoms with E-state index in [0.29, 0.717) is 43.9 Å². The van der Waals surface area contributed by atoms with E-state index in [-0.39, 0.29) is 40.7 Å². The third-order valence-electron chi connectivity index (χ3n) is 8.73. The summed E-state index contributed by atoms with van der Waals surface area (Å²) < 4.78 is 15.6. The van der Waals surface area contributed by atoms with E-state index in [1.54, 1.807) is 34.7 Å². The Bertz CT molecular complexity index is 1450. The molecule has 0 radical (unpaired) electrons. The van der Waals surface area contributed by atoms with Crippen molar-refractivity contribution >= 4 is 23.4 Å². The summed E-state index contributed by atoms with van der Waals surface area (Å²) in [5, 5.41) is 6.03. The van der Waals surface area contributed by atoms with Gasteiger partial charge in [0, 0.05) is 55.5 Å². The normalized spacial score (nSPS) is 24.8.